The summed E-state index contributed by atoms with van der Waals surface area (Å²) in [6, 6.07) is 0. The van der Waals surface area contributed by atoms with Crippen molar-refractivity contribution >= 4 is 5.97 Å². The first-order chi connectivity index (χ1) is 31.1. The van der Waals surface area contributed by atoms with Gasteiger partial charge in [-0.05, 0) is 44.9 Å². The second kappa shape index (κ2) is 38.4. The summed E-state index contributed by atoms with van der Waals surface area (Å²) in [5, 5.41) is 72.1. The molecule has 0 aromatic rings. The van der Waals surface area contributed by atoms with Gasteiger partial charge in [-0.15, -0.1) is 0 Å². The van der Waals surface area contributed by atoms with Gasteiger partial charge in [0.1, 0.15) is 54.9 Å². The molecule has 2 heterocycles. The molecule has 14 nitrogen and oxygen atoms in total. The van der Waals surface area contributed by atoms with Crippen LogP contribution in [0.3, 0.4) is 0 Å². The highest BCUT2D eigenvalue weighted by molar-refractivity contribution is 5.69. The summed E-state index contributed by atoms with van der Waals surface area (Å²) in [7, 11) is 0. The zero-order valence-electron chi connectivity index (χ0n) is 39.8. The molecule has 7 N–H and O–H groups in total. The predicted octanol–water partition coefficient (Wildman–Crippen LogP) is 7.24. The van der Waals surface area contributed by atoms with Gasteiger partial charge in [0.2, 0.25) is 0 Å². The van der Waals surface area contributed by atoms with Crippen LogP contribution in [-0.2, 0) is 33.2 Å². The van der Waals surface area contributed by atoms with E-state index >= 15 is 0 Å². The van der Waals surface area contributed by atoms with Gasteiger partial charge < -0.3 is 64.2 Å². The lowest BCUT2D eigenvalue weighted by atomic mass is 9.98. The number of allylic oxidation sites excluding steroid dienone is 4. The number of hydrogen-bond donors (Lipinski definition) is 7. The number of rotatable bonds is 40. The second-order valence-electron chi connectivity index (χ2n) is 18.0. The van der Waals surface area contributed by atoms with Crippen LogP contribution in [0.15, 0.2) is 24.3 Å². The number of unbranched alkanes of at least 4 members (excludes halogenated alkanes) is 22. The van der Waals surface area contributed by atoms with Crippen molar-refractivity contribution in [3.8, 4) is 0 Å². The van der Waals surface area contributed by atoms with Crippen molar-refractivity contribution in [3.63, 3.8) is 0 Å². The summed E-state index contributed by atoms with van der Waals surface area (Å²) in [5.41, 5.74) is 0. The SMILES string of the molecule is CCCCC/C=C\C/C=C\CCCCCCCCCC(=O)OC(COCCCCCCCCCCCCCCC)COC1OC(COC2OC(CO)C(O)C(O)C2O)C(O)C(O)C1O. The maximum atomic E-state index is 13.0. The molecule has 0 bridgehead atoms. The molecule has 0 aliphatic carbocycles. The van der Waals surface area contributed by atoms with Crippen LogP contribution >= 0.6 is 0 Å². The van der Waals surface area contributed by atoms with Crippen molar-refractivity contribution in [2.24, 2.45) is 0 Å². The number of aliphatic hydroxyl groups is 7. The number of ether oxygens (including phenoxy) is 6. The molecule has 0 aromatic heterocycles. The van der Waals surface area contributed by atoms with Crippen molar-refractivity contribution in [3.05, 3.63) is 24.3 Å². The smallest absolute Gasteiger partial charge is 0.306 e. The lowest BCUT2D eigenvalue weighted by Gasteiger charge is -2.42. The molecule has 0 amide bonds. The van der Waals surface area contributed by atoms with Gasteiger partial charge >= 0.3 is 5.97 Å². The summed E-state index contributed by atoms with van der Waals surface area (Å²) >= 11 is 0. The number of aliphatic hydroxyl groups excluding tert-OH is 7. The van der Waals surface area contributed by atoms with Crippen LogP contribution in [0.5, 0.6) is 0 Å². The van der Waals surface area contributed by atoms with Crippen LogP contribution in [-0.4, -0.2) is 142 Å². The van der Waals surface area contributed by atoms with Gasteiger partial charge in [0.15, 0.2) is 12.6 Å². The van der Waals surface area contributed by atoms with Crippen LogP contribution in [0.2, 0.25) is 0 Å². The van der Waals surface area contributed by atoms with Gasteiger partial charge in [-0.3, -0.25) is 4.79 Å². The molecule has 64 heavy (non-hydrogen) atoms. The Morgan fingerprint density at radius 3 is 1.53 bits per heavy atom. The van der Waals surface area contributed by atoms with Gasteiger partial charge in [-0.1, -0.05) is 160 Å². The fourth-order valence-corrected chi connectivity index (χ4v) is 8.02. The molecule has 0 saturated carbocycles. The Hall–Kier alpha value is -1.53. The molecule has 11 atom stereocenters. The molecule has 0 aromatic carbocycles. The average Bonchev–Trinajstić information content (AvgIpc) is 3.29. The zero-order chi connectivity index (χ0) is 46.6. The van der Waals surface area contributed by atoms with E-state index < -0.39 is 80.7 Å². The Labute approximate surface area is 386 Å². The fraction of sp³-hybridized carbons (Fsp3) is 0.900. The summed E-state index contributed by atoms with van der Waals surface area (Å²) < 4.78 is 34.2. The van der Waals surface area contributed by atoms with Gasteiger partial charge in [0, 0.05) is 13.0 Å². The van der Waals surface area contributed by atoms with Crippen molar-refractivity contribution in [1.82, 2.24) is 0 Å². The average molecular weight is 917 g/mol. The minimum Gasteiger partial charge on any atom is -0.457 e. The standard InChI is InChI=1S/C50H92O14/c1-3-5-7-9-11-13-15-17-18-19-20-21-23-25-27-29-31-33-42(52)62-39(36-59-34-32-30-28-26-24-22-16-14-12-10-8-6-4-2)37-60-49-48(58)46(56)44(54)41(64-49)38-61-50-47(57)45(55)43(53)40(35-51)63-50/h11,13,17-18,39-41,43-51,53-58H,3-10,12,14-16,19-38H2,1-2H3/b13-11-,18-17-. The quantitative estimate of drug-likeness (QED) is 0.0184. The van der Waals surface area contributed by atoms with Crippen molar-refractivity contribution in [2.75, 3.05) is 33.0 Å². The molecule has 11 unspecified atom stereocenters. The molecule has 0 spiro atoms. The summed E-state index contributed by atoms with van der Waals surface area (Å²) in [4.78, 5) is 13.0. The molecule has 2 aliphatic heterocycles. The first-order valence-electron chi connectivity index (χ1n) is 25.4. The third-order valence-corrected chi connectivity index (χ3v) is 12.2. The summed E-state index contributed by atoms with van der Waals surface area (Å²) in [6.07, 6.45) is 23.8. The Bertz CT molecular complexity index is 1160. The molecule has 2 fully saturated rings. The minimum absolute atomic E-state index is 0.0621. The van der Waals surface area contributed by atoms with Gasteiger partial charge in [0.25, 0.3) is 0 Å². The van der Waals surface area contributed by atoms with Crippen molar-refractivity contribution in [1.29, 1.82) is 0 Å². The Morgan fingerprint density at radius 2 is 0.969 bits per heavy atom. The van der Waals surface area contributed by atoms with Crippen LogP contribution in [0.4, 0.5) is 0 Å². The Kier molecular flexibility index (Phi) is 35.2. The van der Waals surface area contributed by atoms with Crippen LogP contribution < -0.4 is 0 Å². The molecule has 2 aliphatic rings. The van der Waals surface area contributed by atoms with Gasteiger partial charge in [0.05, 0.1) is 26.4 Å². The maximum Gasteiger partial charge on any atom is 0.306 e. The summed E-state index contributed by atoms with van der Waals surface area (Å²) in [5.74, 6) is -0.382. The van der Waals surface area contributed by atoms with E-state index in [4.69, 9.17) is 28.4 Å². The maximum absolute atomic E-state index is 13.0. The first kappa shape index (κ1) is 58.6. The van der Waals surface area contributed by atoms with Crippen molar-refractivity contribution in [2.45, 2.75) is 255 Å². The topological polar surface area (TPSA) is 214 Å². The van der Waals surface area contributed by atoms with Crippen LogP contribution in [0.1, 0.15) is 187 Å². The van der Waals surface area contributed by atoms with Crippen molar-refractivity contribution < 1.29 is 69.0 Å². The lowest BCUT2D eigenvalue weighted by molar-refractivity contribution is -0.332. The first-order valence-corrected chi connectivity index (χ1v) is 25.4. The molecule has 2 saturated heterocycles. The van der Waals surface area contributed by atoms with Gasteiger partial charge in [-0.2, -0.15) is 0 Å². The Morgan fingerprint density at radius 1 is 0.516 bits per heavy atom. The van der Waals surface area contributed by atoms with E-state index in [1.165, 1.54) is 109 Å². The van der Waals surface area contributed by atoms with E-state index in [1.807, 2.05) is 0 Å². The molecule has 14 heteroatoms. The lowest BCUT2D eigenvalue weighted by Crippen LogP contribution is -2.61. The highest BCUT2D eigenvalue weighted by Crippen LogP contribution is 2.26. The molecule has 0 radical (unpaired) electrons. The minimum atomic E-state index is -1.70. The number of carbonyl (C=O) groups is 1. The largest absolute Gasteiger partial charge is 0.457 e. The number of carbonyl (C=O) groups excluding carboxylic acids is 1. The van der Waals surface area contributed by atoms with E-state index in [9.17, 15) is 40.5 Å². The highest BCUT2D eigenvalue weighted by Gasteiger charge is 2.47. The molecular formula is C50H92O14. The summed E-state index contributed by atoms with van der Waals surface area (Å²) in [6.45, 7) is 3.67. The third-order valence-electron chi connectivity index (χ3n) is 12.2. The second-order valence-corrected chi connectivity index (χ2v) is 18.0. The monoisotopic (exact) mass is 917 g/mol. The van der Waals surface area contributed by atoms with E-state index in [0.717, 1.165) is 51.4 Å². The molecular weight excluding hydrogens is 825 g/mol. The van der Waals surface area contributed by atoms with E-state index in [0.29, 0.717) is 13.0 Å². The van der Waals surface area contributed by atoms with E-state index in [2.05, 4.69) is 38.2 Å². The number of esters is 1. The van der Waals surface area contributed by atoms with Gasteiger partial charge in [-0.25, -0.2) is 0 Å². The molecule has 2 rings (SSSR count). The normalized spacial score (nSPS) is 26.9. The molecule has 376 valence electrons. The van der Waals surface area contributed by atoms with Crippen LogP contribution in [0.25, 0.3) is 0 Å². The predicted molar refractivity (Wildman–Crippen MR) is 247 cm³/mol. The highest BCUT2D eigenvalue weighted by atomic mass is 16.7. The van der Waals surface area contributed by atoms with E-state index in [1.54, 1.807) is 0 Å². The third kappa shape index (κ3) is 26.1. The fourth-order valence-electron chi connectivity index (χ4n) is 8.02. The zero-order valence-corrected chi connectivity index (χ0v) is 39.8. The Balaban J connectivity index is 1.77. The van der Waals surface area contributed by atoms with Crippen LogP contribution in [0, 0.1) is 0 Å². The number of hydrogen-bond acceptors (Lipinski definition) is 14. The van der Waals surface area contributed by atoms with E-state index in [-0.39, 0.29) is 25.6 Å².